The number of ether oxygens (including phenoxy) is 2. The van der Waals surface area contributed by atoms with Gasteiger partial charge in [0.1, 0.15) is 0 Å². The normalized spacial score (nSPS) is 19.1. The van der Waals surface area contributed by atoms with Gasteiger partial charge in [0.2, 0.25) is 0 Å². The van der Waals surface area contributed by atoms with Gasteiger partial charge in [-0.25, -0.2) is 0 Å². The van der Waals surface area contributed by atoms with E-state index in [1.54, 1.807) is 0 Å². The molecule has 2 aliphatic heterocycles. The molecule has 0 N–H and O–H groups in total. The fourth-order valence-electron chi connectivity index (χ4n) is 3.51. The minimum absolute atomic E-state index is 0.0112. The average molecular weight is 402 g/mol. The lowest BCUT2D eigenvalue weighted by Gasteiger charge is -2.36. The second-order valence-electron chi connectivity index (χ2n) is 6.48. The van der Waals surface area contributed by atoms with Gasteiger partial charge in [0.15, 0.2) is 11.5 Å². The second kappa shape index (κ2) is 6.71. The van der Waals surface area contributed by atoms with Gasteiger partial charge in [0.05, 0.1) is 19.3 Å². The van der Waals surface area contributed by atoms with Gasteiger partial charge in [0, 0.05) is 23.0 Å². The lowest BCUT2D eigenvalue weighted by Crippen LogP contribution is -2.38. The molecule has 2 aromatic carbocycles. The third-order valence-corrected chi connectivity index (χ3v) is 5.43. The van der Waals surface area contributed by atoms with Crippen LogP contribution in [0.25, 0.3) is 0 Å². The summed E-state index contributed by atoms with van der Waals surface area (Å²) >= 11 is 3.41. The molecule has 5 heteroatoms. The third kappa shape index (κ3) is 3.13. The molecule has 25 heavy (non-hydrogen) atoms. The zero-order valence-corrected chi connectivity index (χ0v) is 15.7. The van der Waals surface area contributed by atoms with E-state index in [-0.39, 0.29) is 11.9 Å². The Hall–Kier alpha value is -2.01. The zero-order valence-electron chi connectivity index (χ0n) is 14.1. The van der Waals surface area contributed by atoms with E-state index in [4.69, 9.17) is 9.47 Å². The van der Waals surface area contributed by atoms with E-state index in [0.717, 1.165) is 34.4 Å². The summed E-state index contributed by atoms with van der Waals surface area (Å²) in [7, 11) is 0. The molecular weight excluding hydrogens is 382 g/mol. The first-order valence-electron chi connectivity index (χ1n) is 8.62. The van der Waals surface area contributed by atoms with E-state index in [2.05, 4.69) is 35.0 Å². The van der Waals surface area contributed by atoms with Gasteiger partial charge in [-0.3, -0.25) is 4.79 Å². The highest BCUT2D eigenvalue weighted by atomic mass is 79.9. The van der Waals surface area contributed by atoms with Crippen LogP contribution in [0.4, 0.5) is 0 Å². The Morgan fingerprint density at radius 3 is 2.52 bits per heavy atom. The smallest absolute Gasteiger partial charge is 0.254 e. The van der Waals surface area contributed by atoms with E-state index >= 15 is 0 Å². The minimum Gasteiger partial charge on any atom is -0.490 e. The minimum atomic E-state index is 0.0112. The van der Waals surface area contributed by atoms with Crippen LogP contribution in [0.3, 0.4) is 0 Å². The van der Waals surface area contributed by atoms with Crippen molar-refractivity contribution in [3.63, 3.8) is 0 Å². The van der Waals surface area contributed by atoms with E-state index in [0.29, 0.717) is 25.3 Å². The number of carbonyl (C=O) groups is 1. The van der Waals surface area contributed by atoms with Crippen molar-refractivity contribution in [1.29, 1.82) is 0 Å². The summed E-state index contributed by atoms with van der Waals surface area (Å²) in [6, 6.07) is 11.7. The van der Waals surface area contributed by atoms with E-state index in [9.17, 15) is 4.79 Å². The largest absolute Gasteiger partial charge is 0.490 e. The van der Waals surface area contributed by atoms with Crippen LogP contribution in [0.1, 0.15) is 40.9 Å². The number of nitrogens with zero attached hydrogens (tertiary/aromatic N) is 1. The number of halogens is 1. The Morgan fingerprint density at radius 1 is 1.12 bits per heavy atom. The monoisotopic (exact) mass is 401 g/mol. The molecule has 4 nitrogen and oxygen atoms in total. The van der Waals surface area contributed by atoms with Crippen molar-refractivity contribution in [2.75, 3.05) is 19.8 Å². The van der Waals surface area contributed by atoms with E-state index < -0.39 is 0 Å². The molecule has 2 aromatic rings. The number of fused-ring (bicyclic) bond motifs is 2. The Labute approximate surface area is 155 Å². The third-order valence-electron chi connectivity index (χ3n) is 4.90. The van der Waals surface area contributed by atoms with Crippen molar-refractivity contribution in [2.45, 2.75) is 25.8 Å². The first-order chi connectivity index (χ1) is 12.1. The average Bonchev–Trinajstić information content (AvgIpc) is 2.85. The lowest BCUT2D eigenvalue weighted by atomic mass is 9.92. The quantitative estimate of drug-likeness (QED) is 0.711. The standard InChI is InChI=1S/C20H20BrNO3/c1-13-17-12-19-18(24-9-2-10-25-19)11-15(17)7-8-22(13)20(23)14-3-5-16(21)6-4-14/h3-6,11-13H,2,7-10H2,1H3/t13-/m0/s1. The van der Waals surface area contributed by atoms with Crippen molar-refractivity contribution < 1.29 is 14.3 Å². The van der Waals surface area contributed by atoms with Gasteiger partial charge in [-0.05, 0) is 60.9 Å². The summed E-state index contributed by atoms with van der Waals surface area (Å²) < 4.78 is 12.6. The van der Waals surface area contributed by atoms with Gasteiger partial charge < -0.3 is 14.4 Å². The van der Waals surface area contributed by atoms with Gasteiger partial charge in [-0.2, -0.15) is 0 Å². The van der Waals surface area contributed by atoms with Crippen LogP contribution in [0.15, 0.2) is 40.9 Å². The predicted molar refractivity (Wildman–Crippen MR) is 99.3 cm³/mol. The van der Waals surface area contributed by atoms with Crippen LogP contribution in [0.5, 0.6) is 11.5 Å². The lowest BCUT2D eigenvalue weighted by molar-refractivity contribution is 0.0677. The Kier molecular flexibility index (Phi) is 4.42. The van der Waals surface area contributed by atoms with Crippen LogP contribution in [-0.2, 0) is 6.42 Å². The van der Waals surface area contributed by atoms with Crippen LogP contribution in [0.2, 0.25) is 0 Å². The molecule has 0 spiro atoms. The molecule has 0 bridgehead atoms. The number of hydrogen-bond acceptors (Lipinski definition) is 3. The summed E-state index contributed by atoms with van der Waals surface area (Å²) in [6.45, 7) is 4.15. The molecule has 0 unspecified atom stereocenters. The van der Waals surface area contributed by atoms with Gasteiger partial charge in [-0.15, -0.1) is 0 Å². The maximum absolute atomic E-state index is 12.9. The summed E-state index contributed by atoms with van der Waals surface area (Å²) in [6.07, 6.45) is 1.72. The van der Waals surface area contributed by atoms with Gasteiger partial charge >= 0.3 is 0 Å². The molecule has 2 heterocycles. The number of amides is 1. The van der Waals surface area contributed by atoms with Crippen LogP contribution < -0.4 is 9.47 Å². The first-order valence-corrected chi connectivity index (χ1v) is 9.42. The molecule has 0 aromatic heterocycles. The van der Waals surface area contributed by atoms with E-state index in [1.165, 1.54) is 5.56 Å². The van der Waals surface area contributed by atoms with Gasteiger partial charge in [0.25, 0.3) is 5.91 Å². The molecule has 2 aliphatic rings. The first kappa shape index (κ1) is 16.5. The summed E-state index contributed by atoms with van der Waals surface area (Å²) in [5.74, 6) is 1.69. The van der Waals surface area contributed by atoms with Gasteiger partial charge in [-0.1, -0.05) is 15.9 Å². The molecular formula is C20H20BrNO3. The van der Waals surface area contributed by atoms with Crippen molar-refractivity contribution in [3.8, 4) is 11.5 Å². The highest BCUT2D eigenvalue weighted by Gasteiger charge is 2.30. The summed E-state index contributed by atoms with van der Waals surface area (Å²) in [5, 5.41) is 0. The number of hydrogen-bond donors (Lipinski definition) is 0. The molecule has 0 aliphatic carbocycles. The molecule has 1 amide bonds. The Morgan fingerprint density at radius 2 is 1.80 bits per heavy atom. The molecule has 0 saturated carbocycles. The molecule has 0 radical (unpaired) electrons. The fourth-order valence-corrected chi connectivity index (χ4v) is 3.77. The van der Waals surface area contributed by atoms with Crippen molar-refractivity contribution in [1.82, 2.24) is 4.90 Å². The Balaban J connectivity index is 1.64. The highest BCUT2D eigenvalue weighted by Crippen LogP contribution is 2.39. The van der Waals surface area contributed by atoms with Crippen molar-refractivity contribution in [2.24, 2.45) is 0 Å². The van der Waals surface area contributed by atoms with Crippen molar-refractivity contribution >= 4 is 21.8 Å². The molecule has 4 rings (SSSR count). The number of carbonyl (C=O) groups excluding carboxylic acids is 1. The molecule has 1 atom stereocenters. The molecule has 130 valence electrons. The van der Waals surface area contributed by atoms with Crippen LogP contribution >= 0.6 is 15.9 Å². The number of benzene rings is 2. The topological polar surface area (TPSA) is 38.8 Å². The summed E-state index contributed by atoms with van der Waals surface area (Å²) in [4.78, 5) is 14.9. The maximum Gasteiger partial charge on any atom is 0.254 e. The predicted octanol–water partition coefficient (Wildman–Crippen LogP) is 4.37. The fraction of sp³-hybridized carbons (Fsp3) is 0.350. The highest BCUT2D eigenvalue weighted by molar-refractivity contribution is 9.10. The second-order valence-corrected chi connectivity index (χ2v) is 7.40. The molecule has 0 fully saturated rings. The summed E-state index contributed by atoms with van der Waals surface area (Å²) in [5.41, 5.74) is 3.12. The van der Waals surface area contributed by atoms with E-state index in [1.807, 2.05) is 29.2 Å². The molecule has 0 saturated heterocycles. The van der Waals surface area contributed by atoms with Crippen LogP contribution in [0, 0.1) is 0 Å². The zero-order chi connectivity index (χ0) is 17.4. The van der Waals surface area contributed by atoms with Crippen molar-refractivity contribution in [3.05, 3.63) is 57.6 Å². The van der Waals surface area contributed by atoms with Crippen LogP contribution in [-0.4, -0.2) is 30.6 Å². The maximum atomic E-state index is 12.9. The number of rotatable bonds is 1. The Bertz CT molecular complexity index is 803. The SMILES string of the molecule is C[C@H]1c2cc3c(cc2CCN1C(=O)c1ccc(Br)cc1)OCCCO3.